The van der Waals surface area contributed by atoms with E-state index in [0.717, 1.165) is 12.1 Å². The van der Waals surface area contributed by atoms with Crippen molar-refractivity contribution in [3.63, 3.8) is 0 Å². The molecule has 0 spiro atoms. The molecule has 1 rings (SSSR count). The Morgan fingerprint density at radius 3 is 2.62 bits per heavy atom. The molecule has 0 aromatic carbocycles. The molecule has 0 bridgehead atoms. The van der Waals surface area contributed by atoms with E-state index in [4.69, 9.17) is 0 Å². The van der Waals surface area contributed by atoms with Crippen molar-refractivity contribution in [3.05, 3.63) is 24.0 Å². The first kappa shape index (κ1) is 13.0. The Morgan fingerprint density at radius 2 is 2.12 bits per heavy atom. The maximum Gasteiger partial charge on any atom is 0.319 e. The summed E-state index contributed by atoms with van der Waals surface area (Å²) in [5.41, 5.74) is 0.798. The van der Waals surface area contributed by atoms with Gasteiger partial charge in [-0.25, -0.2) is 8.78 Å². The minimum Gasteiger partial charge on any atom is -0.354 e. The van der Waals surface area contributed by atoms with Gasteiger partial charge in [0.15, 0.2) is 0 Å². The van der Waals surface area contributed by atoms with Crippen molar-refractivity contribution in [2.75, 3.05) is 6.54 Å². The van der Waals surface area contributed by atoms with Crippen LogP contribution in [-0.2, 0) is 13.1 Å². The molecule has 0 atom stereocenters. The largest absolute Gasteiger partial charge is 0.354 e. The van der Waals surface area contributed by atoms with Crippen LogP contribution >= 0.6 is 0 Å². The number of nitrogens with one attached hydrogen (secondary N) is 1. The number of halogens is 4. The quantitative estimate of drug-likeness (QED) is 0.753. The number of hydrogen-bond acceptors (Lipinski definition) is 1. The molecule has 16 heavy (non-hydrogen) atoms. The lowest BCUT2D eigenvalue weighted by Crippen LogP contribution is -2.38. The van der Waals surface area contributed by atoms with E-state index in [1.54, 1.807) is 12.3 Å². The second kappa shape index (κ2) is 5.34. The predicted octanol–water partition coefficient (Wildman–Crippen LogP) is 2.50. The number of rotatable bonds is 6. The van der Waals surface area contributed by atoms with Gasteiger partial charge in [-0.2, -0.15) is 8.78 Å². The van der Waals surface area contributed by atoms with Gasteiger partial charge in [0.05, 0.1) is 6.54 Å². The number of hydrogen-bond donors (Lipinski definition) is 1. The molecule has 0 aliphatic heterocycles. The summed E-state index contributed by atoms with van der Waals surface area (Å²) < 4.78 is 50.5. The van der Waals surface area contributed by atoms with Gasteiger partial charge in [-0.15, -0.1) is 0 Å². The van der Waals surface area contributed by atoms with Crippen LogP contribution in [0.5, 0.6) is 0 Å². The Labute approximate surface area is 91.3 Å². The zero-order chi connectivity index (χ0) is 12.2. The molecule has 1 aromatic heterocycles. The Morgan fingerprint density at radius 1 is 1.44 bits per heavy atom. The molecular weight excluding hydrogens is 224 g/mol. The molecule has 0 unspecified atom stereocenters. The van der Waals surface area contributed by atoms with Crippen molar-refractivity contribution in [3.8, 4) is 0 Å². The number of aromatic nitrogens is 1. The highest BCUT2D eigenvalue weighted by Gasteiger charge is 2.39. The Bertz CT molecular complexity index is 322. The lowest BCUT2D eigenvalue weighted by Gasteiger charge is -2.15. The molecule has 0 amide bonds. The molecule has 1 aromatic rings. The van der Waals surface area contributed by atoms with E-state index in [2.05, 4.69) is 5.32 Å². The van der Waals surface area contributed by atoms with Crippen LogP contribution in [0.15, 0.2) is 18.5 Å². The lowest BCUT2D eigenvalue weighted by molar-refractivity contribution is -0.125. The molecule has 92 valence electrons. The van der Waals surface area contributed by atoms with Crippen LogP contribution in [0.25, 0.3) is 0 Å². The minimum atomic E-state index is -3.96. The summed E-state index contributed by atoms with van der Waals surface area (Å²) in [7, 11) is 0. The van der Waals surface area contributed by atoms with Gasteiger partial charge in [0.2, 0.25) is 0 Å². The van der Waals surface area contributed by atoms with Crippen LogP contribution in [0.4, 0.5) is 17.6 Å². The van der Waals surface area contributed by atoms with Gasteiger partial charge in [-0.3, -0.25) is 0 Å². The standard InChI is InChI=1S/C10H14F4N2/c1-2-16-4-3-8(6-16)5-15-7-10(13,14)9(11)12/h3-4,6,9,15H,2,5,7H2,1H3. The zero-order valence-electron chi connectivity index (χ0n) is 8.89. The van der Waals surface area contributed by atoms with E-state index < -0.39 is 18.9 Å². The second-order valence-electron chi connectivity index (χ2n) is 3.52. The van der Waals surface area contributed by atoms with Crippen molar-refractivity contribution in [2.24, 2.45) is 0 Å². The van der Waals surface area contributed by atoms with Crippen LogP contribution in [0.2, 0.25) is 0 Å². The Balaban J connectivity index is 2.35. The smallest absolute Gasteiger partial charge is 0.319 e. The first-order chi connectivity index (χ1) is 7.45. The van der Waals surface area contributed by atoms with E-state index in [1.807, 2.05) is 17.7 Å². The Kier molecular flexibility index (Phi) is 4.35. The van der Waals surface area contributed by atoms with E-state index in [1.165, 1.54) is 0 Å². The van der Waals surface area contributed by atoms with Crippen LogP contribution < -0.4 is 5.32 Å². The fourth-order valence-corrected chi connectivity index (χ4v) is 1.24. The van der Waals surface area contributed by atoms with Crippen LogP contribution in [-0.4, -0.2) is 23.5 Å². The summed E-state index contributed by atoms with van der Waals surface area (Å²) in [5, 5.41) is 2.32. The monoisotopic (exact) mass is 238 g/mol. The normalized spacial score (nSPS) is 12.4. The maximum atomic E-state index is 12.5. The Hall–Kier alpha value is -1.04. The SMILES string of the molecule is CCn1ccc(CNCC(F)(F)C(F)F)c1. The molecule has 0 radical (unpaired) electrons. The predicted molar refractivity (Wildman–Crippen MR) is 52.8 cm³/mol. The van der Waals surface area contributed by atoms with Gasteiger partial charge in [0.1, 0.15) is 0 Å². The molecule has 6 heteroatoms. The minimum absolute atomic E-state index is 0.162. The first-order valence-corrected chi connectivity index (χ1v) is 4.97. The van der Waals surface area contributed by atoms with Crippen LogP contribution in [0.1, 0.15) is 12.5 Å². The molecule has 0 saturated carbocycles. The lowest BCUT2D eigenvalue weighted by atomic mass is 10.3. The topological polar surface area (TPSA) is 17.0 Å². The average molecular weight is 238 g/mol. The zero-order valence-corrected chi connectivity index (χ0v) is 8.89. The van der Waals surface area contributed by atoms with Gasteiger partial charge >= 0.3 is 12.3 Å². The van der Waals surface area contributed by atoms with E-state index in [-0.39, 0.29) is 6.54 Å². The van der Waals surface area contributed by atoms with Gasteiger partial charge < -0.3 is 9.88 Å². The fourth-order valence-electron chi connectivity index (χ4n) is 1.24. The van der Waals surface area contributed by atoms with Crippen molar-refractivity contribution in [1.82, 2.24) is 9.88 Å². The average Bonchev–Trinajstić information content (AvgIpc) is 2.65. The van der Waals surface area contributed by atoms with Crippen molar-refractivity contribution >= 4 is 0 Å². The molecule has 0 aliphatic carbocycles. The highest BCUT2D eigenvalue weighted by atomic mass is 19.3. The first-order valence-electron chi connectivity index (χ1n) is 4.97. The van der Waals surface area contributed by atoms with Crippen LogP contribution in [0, 0.1) is 0 Å². The molecular formula is C10H14F4N2. The summed E-state index contributed by atoms with van der Waals surface area (Å²) in [6.45, 7) is 1.88. The number of nitrogens with zero attached hydrogens (tertiary/aromatic N) is 1. The molecule has 2 nitrogen and oxygen atoms in total. The molecule has 0 fully saturated rings. The third-order valence-electron chi connectivity index (χ3n) is 2.19. The molecule has 1 heterocycles. The van der Waals surface area contributed by atoms with Crippen molar-refractivity contribution in [1.29, 1.82) is 0 Å². The van der Waals surface area contributed by atoms with E-state index >= 15 is 0 Å². The molecule has 0 saturated heterocycles. The van der Waals surface area contributed by atoms with E-state index in [0.29, 0.717) is 0 Å². The third kappa shape index (κ3) is 3.52. The summed E-state index contributed by atoms with van der Waals surface area (Å²) in [5.74, 6) is -3.96. The van der Waals surface area contributed by atoms with Crippen molar-refractivity contribution < 1.29 is 17.6 Å². The van der Waals surface area contributed by atoms with E-state index in [9.17, 15) is 17.6 Å². The molecule has 1 N–H and O–H groups in total. The third-order valence-corrected chi connectivity index (χ3v) is 2.19. The highest BCUT2D eigenvalue weighted by molar-refractivity contribution is 5.09. The summed E-state index contributed by atoms with van der Waals surface area (Å²) >= 11 is 0. The van der Waals surface area contributed by atoms with Crippen LogP contribution in [0.3, 0.4) is 0 Å². The van der Waals surface area contributed by atoms with Gasteiger partial charge in [0, 0.05) is 25.5 Å². The maximum absolute atomic E-state index is 12.5. The van der Waals surface area contributed by atoms with Gasteiger partial charge in [-0.1, -0.05) is 0 Å². The van der Waals surface area contributed by atoms with Crippen molar-refractivity contribution in [2.45, 2.75) is 32.4 Å². The number of alkyl halides is 4. The highest BCUT2D eigenvalue weighted by Crippen LogP contribution is 2.21. The fraction of sp³-hybridized carbons (Fsp3) is 0.600. The van der Waals surface area contributed by atoms with Gasteiger partial charge in [0.25, 0.3) is 0 Å². The summed E-state index contributed by atoms with van der Waals surface area (Å²) in [6, 6.07) is 1.76. The number of aryl methyl sites for hydroxylation is 1. The second-order valence-corrected chi connectivity index (χ2v) is 3.52. The summed E-state index contributed by atoms with van der Waals surface area (Å²) in [4.78, 5) is 0. The molecule has 0 aliphatic rings. The van der Waals surface area contributed by atoms with Gasteiger partial charge in [-0.05, 0) is 18.6 Å². The summed E-state index contributed by atoms with van der Waals surface area (Å²) in [6.07, 6.45) is -0.0317.